The van der Waals surface area contributed by atoms with Crippen LogP contribution in [-0.2, 0) is 4.79 Å². The van der Waals surface area contributed by atoms with Crippen LogP contribution in [0.3, 0.4) is 0 Å². The van der Waals surface area contributed by atoms with Crippen LogP contribution in [0.15, 0.2) is 42.7 Å². The molecule has 2 rings (SSSR count). The van der Waals surface area contributed by atoms with Crippen LogP contribution >= 0.6 is 0 Å². The summed E-state index contributed by atoms with van der Waals surface area (Å²) in [4.78, 5) is 22.8. The molecule has 2 unspecified atom stereocenters. The van der Waals surface area contributed by atoms with Crippen LogP contribution in [0, 0.1) is 10.1 Å². The number of amides is 1. The van der Waals surface area contributed by atoms with Gasteiger partial charge in [-0.2, -0.15) is 5.10 Å². The fraction of sp³-hybridized carbons (Fsp3) is 0.375. The molecule has 0 saturated carbocycles. The first-order valence-electron chi connectivity index (χ1n) is 7.60. The number of hydrogen-bond acceptors (Lipinski definition) is 4. The largest absolute Gasteiger partial charge is 0.347 e. The lowest BCUT2D eigenvalue weighted by atomic mass is 10.0. The van der Waals surface area contributed by atoms with Crippen molar-refractivity contribution in [2.75, 3.05) is 0 Å². The Morgan fingerprint density at radius 3 is 2.52 bits per heavy atom. The first-order valence-corrected chi connectivity index (χ1v) is 7.60. The Balaban J connectivity index is 2.14. The van der Waals surface area contributed by atoms with Gasteiger partial charge in [-0.3, -0.25) is 19.6 Å². The molecule has 0 saturated heterocycles. The number of carbonyl (C=O) groups excluding carboxylic acids is 1. The number of rotatable bonds is 7. The molecule has 7 nitrogen and oxygen atoms in total. The van der Waals surface area contributed by atoms with Crippen LogP contribution in [0.25, 0.3) is 0 Å². The fourth-order valence-corrected chi connectivity index (χ4v) is 2.46. The Morgan fingerprint density at radius 2 is 2.00 bits per heavy atom. The molecular weight excluding hydrogens is 296 g/mol. The van der Waals surface area contributed by atoms with Crippen molar-refractivity contribution in [2.24, 2.45) is 0 Å². The van der Waals surface area contributed by atoms with Crippen molar-refractivity contribution in [3.63, 3.8) is 0 Å². The quantitative estimate of drug-likeness (QED) is 0.628. The van der Waals surface area contributed by atoms with Gasteiger partial charge in [-0.1, -0.05) is 44.2 Å². The second-order valence-electron chi connectivity index (χ2n) is 5.24. The van der Waals surface area contributed by atoms with Crippen molar-refractivity contribution in [1.29, 1.82) is 0 Å². The lowest BCUT2D eigenvalue weighted by Gasteiger charge is -2.21. The van der Waals surface area contributed by atoms with Crippen LogP contribution < -0.4 is 5.32 Å². The van der Waals surface area contributed by atoms with Gasteiger partial charge in [0.25, 0.3) is 0 Å². The minimum Gasteiger partial charge on any atom is -0.347 e. The smallest absolute Gasteiger partial charge is 0.307 e. The maximum Gasteiger partial charge on any atom is 0.307 e. The zero-order valence-electron chi connectivity index (χ0n) is 13.2. The molecule has 23 heavy (non-hydrogen) atoms. The molecule has 1 amide bonds. The van der Waals surface area contributed by atoms with Crippen molar-refractivity contribution in [3.05, 3.63) is 58.4 Å². The molecule has 2 aromatic rings. The van der Waals surface area contributed by atoms with Gasteiger partial charge in [-0.25, -0.2) is 0 Å². The molecule has 0 aliphatic carbocycles. The molecule has 0 bridgehead atoms. The summed E-state index contributed by atoms with van der Waals surface area (Å²) >= 11 is 0. The number of hydrogen-bond donors (Lipinski definition) is 1. The van der Waals surface area contributed by atoms with Gasteiger partial charge in [0.2, 0.25) is 5.91 Å². The molecule has 2 atom stereocenters. The van der Waals surface area contributed by atoms with Crippen LogP contribution in [-0.4, -0.2) is 20.6 Å². The van der Waals surface area contributed by atoms with E-state index in [4.69, 9.17) is 0 Å². The van der Waals surface area contributed by atoms with E-state index in [0.29, 0.717) is 6.42 Å². The first kappa shape index (κ1) is 16.7. The summed E-state index contributed by atoms with van der Waals surface area (Å²) in [5, 5.41) is 17.7. The van der Waals surface area contributed by atoms with Gasteiger partial charge in [-0.15, -0.1) is 0 Å². The maximum atomic E-state index is 12.6. The number of benzene rings is 1. The first-order chi connectivity index (χ1) is 11.1. The molecule has 1 aromatic carbocycles. The van der Waals surface area contributed by atoms with Crippen LogP contribution in [0.1, 0.15) is 44.3 Å². The third-order valence-corrected chi connectivity index (χ3v) is 3.73. The van der Waals surface area contributed by atoms with Gasteiger partial charge in [0.1, 0.15) is 18.4 Å². The summed E-state index contributed by atoms with van der Waals surface area (Å²) in [5.74, 6) is -0.193. The number of nitrogens with one attached hydrogen (secondary N) is 1. The molecular formula is C16H20N4O3. The van der Waals surface area contributed by atoms with E-state index in [1.807, 2.05) is 44.2 Å². The highest BCUT2D eigenvalue weighted by Crippen LogP contribution is 2.20. The summed E-state index contributed by atoms with van der Waals surface area (Å²) < 4.78 is 1.35. The zero-order chi connectivity index (χ0) is 16.8. The van der Waals surface area contributed by atoms with E-state index in [-0.39, 0.29) is 17.6 Å². The number of nitro groups is 1. The van der Waals surface area contributed by atoms with Gasteiger partial charge in [0, 0.05) is 0 Å². The molecule has 1 heterocycles. The van der Waals surface area contributed by atoms with Gasteiger partial charge in [0.05, 0.1) is 11.0 Å². The number of aromatic nitrogens is 2. The van der Waals surface area contributed by atoms with E-state index in [9.17, 15) is 14.9 Å². The van der Waals surface area contributed by atoms with Crippen molar-refractivity contribution in [2.45, 2.75) is 38.8 Å². The Kier molecular flexibility index (Phi) is 5.46. The highest BCUT2D eigenvalue weighted by atomic mass is 16.6. The van der Waals surface area contributed by atoms with E-state index in [2.05, 4.69) is 10.4 Å². The van der Waals surface area contributed by atoms with Crippen LogP contribution in [0.5, 0.6) is 0 Å². The summed E-state index contributed by atoms with van der Waals surface area (Å²) in [6.07, 6.45) is 3.70. The summed E-state index contributed by atoms with van der Waals surface area (Å²) in [6, 6.07) is 9.05. The molecule has 0 aliphatic heterocycles. The molecule has 0 radical (unpaired) electrons. The summed E-state index contributed by atoms with van der Waals surface area (Å²) in [6.45, 7) is 3.85. The molecule has 1 aromatic heterocycles. The zero-order valence-corrected chi connectivity index (χ0v) is 13.2. The molecule has 122 valence electrons. The predicted octanol–water partition coefficient (Wildman–Crippen LogP) is 3.01. The van der Waals surface area contributed by atoms with Gasteiger partial charge in [-0.05, 0) is 18.4 Å². The lowest BCUT2D eigenvalue weighted by molar-refractivity contribution is -0.385. The minimum absolute atomic E-state index is 0.0942. The third kappa shape index (κ3) is 3.94. The van der Waals surface area contributed by atoms with E-state index in [1.165, 1.54) is 10.9 Å². The molecule has 1 N–H and O–H groups in total. The summed E-state index contributed by atoms with van der Waals surface area (Å²) in [5.41, 5.74) is 0.913. The average molecular weight is 316 g/mol. The molecule has 7 heteroatoms. The Hall–Kier alpha value is -2.70. The lowest BCUT2D eigenvalue weighted by Crippen LogP contribution is -2.35. The monoisotopic (exact) mass is 316 g/mol. The standard InChI is InChI=1S/C16H20N4O3/c1-3-14(12-8-6-5-7-9-12)18-16(21)15(4-2)19-11-13(10-17-19)20(22)23/h5-11,14-15H,3-4H2,1-2H3,(H,18,21). The van der Waals surface area contributed by atoms with Crippen molar-refractivity contribution in [1.82, 2.24) is 15.1 Å². The van der Waals surface area contributed by atoms with Gasteiger partial charge in [0.15, 0.2) is 0 Å². The SMILES string of the molecule is CCC(NC(=O)C(CC)n1cc([N+](=O)[O-])cn1)c1ccccc1. The van der Waals surface area contributed by atoms with Crippen LogP contribution in [0.4, 0.5) is 5.69 Å². The topological polar surface area (TPSA) is 90.1 Å². The third-order valence-electron chi connectivity index (χ3n) is 3.73. The second kappa shape index (κ2) is 7.53. The normalized spacial score (nSPS) is 13.3. The minimum atomic E-state index is -0.568. The maximum absolute atomic E-state index is 12.6. The Bertz CT molecular complexity index is 669. The number of carbonyl (C=O) groups is 1. The van der Waals surface area contributed by atoms with Crippen LogP contribution in [0.2, 0.25) is 0 Å². The predicted molar refractivity (Wildman–Crippen MR) is 85.8 cm³/mol. The molecule has 0 aliphatic rings. The van der Waals surface area contributed by atoms with Gasteiger partial charge >= 0.3 is 5.69 Å². The number of nitrogens with zero attached hydrogens (tertiary/aromatic N) is 3. The average Bonchev–Trinajstić information content (AvgIpc) is 3.04. The Labute approximate surface area is 134 Å². The van der Waals surface area contributed by atoms with Gasteiger partial charge < -0.3 is 5.32 Å². The Morgan fingerprint density at radius 1 is 1.30 bits per heavy atom. The van der Waals surface area contributed by atoms with E-state index < -0.39 is 11.0 Å². The molecule has 0 spiro atoms. The molecule has 0 fully saturated rings. The second-order valence-corrected chi connectivity index (χ2v) is 5.24. The van der Waals surface area contributed by atoms with E-state index in [0.717, 1.165) is 18.2 Å². The fourth-order valence-electron chi connectivity index (χ4n) is 2.46. The van der Waals surface area contributed by atoms with E-state index >= 15 is 0 Å². The highest BCUT2D eigenvalue weighted by Gasteiger charge is 2.24. The summed E-state index contributed by atoms with van der Waals surface area (Å²) in [7, 11) is 0. The van der Waals surface area contributed by atoms with E-state index in [1.54, 1.807) is 0 Å². The van der Waals surface area contributed by atoms with Crippen molar-refractivity contribution in [3.8, 4) is 0 Å². The van der Waals surface area contributed by atoms with Crippen molar-refractivity contribution < 1.29 is 9.72 Å². The highest BCUT2D eigenvalue weighted by molar-refractivity contribution is 5.80. The van der Waals surface area contributed by atoms with Crippen molar-refractivity contribution >= 4 is 11.6 Å².